The Balaban J connectivity index is 1.67. The number of nitrogens with one attached hydrogen (secondary N) is 2. The molecular formula is C14H21N3O3S. The largest absolute Gasteiger partial charge is 0.476 e. The number of aromatic carboxylic acids is 1. The number of amides is 2. The molecule has 1 heterocycles. The first kappa shape index (κ1) is 15.8. The highest BCUT2D eigenvalue weighted by Gasteiger charge is 2.20. The molecule has 7 heteroatoms. The lowest BCUT2D eigenvalue weighted by molar-refractivity contribution is 0.0691. The molecule has 2 rings (SSSR count). The number of carbonyl (C=O) groups excluding carboxylic acids is 1. The summed E-state index contributed by atoms with van der Waals surface area (Å²) in [5, 5.41) is 16.8. The molecule has 0 bridgehead atoms. The number of hydrogen-bond acceptors (Lipinski definition) is 4. The van der Waals surface area contributed by atoms with Gasteiger partial charge in [-0.25, -0.2) is 14.6 Å². The minimum absolute atomic E-state index is 0.0654. The van der Waals surface area contributed by atoms with E-state index in [2.05, 4.69) is 22.5 Å². The van der Waals surface area contributed by atoms with Crippen LogP contribution in [0.4, 0.5) is 4.79 Å². The zero-order valence-corrected chi connectivity index (χ0v) is 12.9. The topological polar surface area (TPSA) is 91.3 Å². The highest BCUT2D eigenvalue weighted by molar-refractivity contribution is 7.09. The third kappa shape index (κ3) is 5.00. The molecular weight excluding hydrogens is 290 g/mol. The molecule has 2 amide bonds. The summed E-state index contributed by atoms with van der Waals surface area (Å²) in [5.74, 6) is -0.344. The summed E-state index contributed by atoms with van der Waals surface area (Å²) in [5.41, 5.74) is 0.0654. The van der Waals surface area contributed by atoms with E-state index in [1.165, 1.54) is 29.6 Å². The number of nitrogens with zero attached hydrogens (tertiary/aromatic N) is 1. The van der Waals surface area contributed by atoms with Crippen LogP contribution >= 0.6 is 11.3 Å². The third-order valence-electron chi connectivity index (χ3n) is 3.67. The van der Waals surface area contributed by atoms with Crippen LogP contribution in [-0.2, 0) is 6.42 Å². The molecule has 0 saturated heterocycles. The van der Waals surface area contributed by atoms with Gasteiger partial charge in [-0.1, -0.05) is 19.8 Å². The van der Waals surface area contributed by atoms with Gasteiger partial charge in [0.15, 0.2) is 5.69 Å². The predicted molar refractivity (Wildman–Crippen MR) is 80.7 cm³/mol. The van der Waals surface area contributed by atoms with Gasteiger partial charge >= 0.3 is 12.0 Å². The van der Waals surface area contributed by atoms with Crippen molar-refractivity contribution < 1.29 is 14.7 Å². The van der Waals surface area contributed by atoms with Crippen molar-refractivity contribution in [3.05, 3.63) is 16.1 Å². The molecule has 2 atom stereocenters. The van der Waals surface area contributed by atoms with Gasteiger partial charge in [0, 0.05) is 24.4 Å². The molecule has 0 spiro atoms. The van der Waals surface area contributed by atoms with Gasteiger partial charge in [0.05, 0.1) is 5.01 Å². The zero-order valence-electron chi connectivity index (χ0n) is 12.1. The molecule has 21 heavy (non-hydrogen) atoms. The van der Waals surface area contributed by atoms with Crippen LogP contribution in [0.1, 0.15) is 48.1 Å². The van der Waals surface area contributed by atoms with Crippen LogP contribution in [0.25, 0.3) is 0 Å². The van der Waals surface area contributed by atoms with E-state index in [4.69, 9.17) is 5.11 Å². The molecule has 1 aromatic rings. The van der Waals surface area contributed by atoms with Gasteiger partial charge in [-0.2, -0.15) is 0 Å². The fraction of sp³-hybridized carbons (Fsp3) is 0.643. The molecule has 6 nitrogen and oxygen atoms in total. The Morgan fingerprint density at radius 3 is 2.95 bits per heavy atom. The molecule has 2 unspecified atom stereocenters. The molecule has 0 aromatic carbocycles. The fourth-order valence-electron chi connectivity index (χ4n) is 2.61. The van der Waals surface area contributed by atoms with Gasteiger partial charge in [-0.15, -0.1) is 11.3 Å². The first-order valence-corrected chi connectivity index (χ1v) is 8.14. The van der Waals surface area contributed by atoms with E-state index in [-0.39, 0.29) is 17.8 Å². The van der Waals surface area contributed by atoms with Gasteiger partial charge in [-0.05, 0) is 18.8 Å². The molecule has 1 fully saturated rings. The van der Waals surface area contributed by atoms with Crippen LogP contribution in [0.3, 0.4) is 0 Å². The minimum atomic E-state index is -1.02. The van der Waals surface area contributed by atoms with Crippen LogP contribution in [0, 0.1) is 5.92 Å². The number of thiazole rings is 1. The van der Waals surface area contributed by atoms with Crippen molar-refractivity contribution in [2.24, 2.45) is 5.92 Å². The Hall–Kier alpha value is -1.63. The number of rotatable bonds is 5. The van der Waals surface area contributed by atoms with Crippen molar-refractivity contribution in [2.45, 2.75) is 45.1 Å². The number of carbonyl (C=O) groups is 2. The number of urea groups is 1. The van der Waals surface area contributed by atoms with Crippen LogP contribution in [-0.4, -0.2) is 34.7 Å². The molecule has 0 aliphatic heterocycles. The number of carboxylic acid groups (broad SMARTS) is 1. The number of hydrogen-bond donors (Lipinski definition) is 3. The average Bonchev–Trinajstić information content (AvgIpc) is 2.87. The predicted octanol–water partition coefficient (Wildman–Crippen LogP) is 2.26. The molecule has 3 N–H and O–H groups in total. The summed E-state index contributed by atoms with van der Waals surface area (Å²) in [6, 6.07) is 0.122. The summed E-state index contributed by atoms with van der Waals surface area (Å²) in [6.45, 7) is 2.68. The van der Waals surface area contributed by atoms with Gasteiger partial charge in [-0.3, -0.25) is 0 Å². The number of carboxylic acids is 1. The summed E-state index contributed by atoms with van der Waals surface area (Å²) in [4.78, 5) is 26.5. The summed E-state index contributed by atoms with van der Waals surface area (Å²) < 4.78 is 0. The second-order valence-electron chi connectivity index (χ2n) is 5.55. The Morgan fingerprint density at radius 1 is 1.48 bits per heavy atom. The molecule has 0 radical (unpaired) electrons. The minimum Gasteiger partial charge on any atom is -0.476 e. The van der Waals surface area contributed by atoms with E-state index in [0.717, 1.165) is 17.8 Å². The van der Waals surface area contributed by atoms with Crippen molar-refractivity contribution >= 4 is 23.3 Å². The molecule has 1 aliphatic rings. The Kier molecular flexibility index (Phi) is 5.55. The molecule has 1 saturated carbocycles. The van der Waals surface area contributed by atoms with E-state index in [0.29, 0.717) is 18.9 Å². The summed E-state index contributed by atoms with van der Waals surface area (Å²) in [7, 11) is 0. The number of aromatic nitrogens is 1. The zero-order chi connectivity index (χ0) is 15.2. The second kappa shape index (κ2) is 7.40. The highest BCUT2D eigenvalue weighted by atomic mass is 32.1. The van der Waals surface area contributed by atoms with Crippen LogP contribution in [0.15, 0.2) is 5.38 Å². The average molecular weight is 311 g/mol. The Labute approximate surface area is 128 Å². The smallest absolute Gasteiger partial charge is 0.355 e. The van der Waals surface area contributed by atoms with Gasteiger partial charge in [0.1, 0.15) is 0 Å². The third-order valence-corrected chi connectivity index (χ3v) is 4.58. The fourth-order valence-corrected chi connectivity index (χ4v) is 3.38. The lowest BCUT2D eigenvalue weighted by Crippen LogP contribution is -2.44. The van der Waals surface area contributed by atoms with E-state index >= 15 is 0 Å². The maximum atomic E-state index is 11.8. The second-order valence-corrected chi connectivity index (χ2v) is 6.49. The van der Waals surface area contributed by atoms with Gasteiger partial charge < -0.3 is 15.7 Å². The molecule has 1 aromatic heterocycles. The van der Waals surface area contributed by atoms with Crippen molar-refractivity contribution in [3.8, 4) is 0 Å². The Morgan fingerprint density at radius 2 is 2.29 bits per heavy atom. The summed E-state index contributed by atoms with van der Waals surface area (Å²) in [6.07, 6.45) is 5.06. The first-order valence-electron chi connectivity index (χ1n) is 7.26. The molecule has 116 valence electrons. The maximum Gasteiger partial charge on any atom is 0.355 e. The van der Waals surface area contributed by atoms with Gasteiger partial charge in [0.25, 0.3) is 0 Å². The standard InChI is InChI=1S/C14H21N3O3S/c1-9-3-2-4-10(7-9)16-14(20)15-6-5-12-17-11(8-21-12)13(18)19/h8-10H,2-7H2,1H3,(H,18,19)(H2,15,16,20). The molecule has 1 aliphatic carbocycles. The first-order chi connectivity index (χ1) is 10.0. The Bertz CT molecular complexity index is 503. The van der Waals surface area contributed by atoms with Crippen molar-refractivity contribution in [2.75, 3.05) is 6.54 Å². The van der Waals surface area contributed by atoms with E-state index in [1.807, 2.05) is 0 Å². The SMILES string of the molecule is CC1CCCC(NC(=O)NCCc2nc(C(=O)O)cs2)C1. The lowest BCUT2D eigenvalue weighted by atomic mass is 9.87. The summed E-state index contributed by atoms with van der Waals surface area (Å²) >= 11 is 1.30. The van der Waals surface area contributed by atoms with Crippen molar-refractivity contribution in [1.82, 2.24) is 15.6 Å². The van der Waals surface area contributed by atoms with Gasteiger partial charge in [0.2, 0.25) is 0 Å². The monoisotopic (exact) mass is 311 g/mol. The van der Waals surface area contributed by atoms with Crippen LogP contribution in [0.2, 0.25) is 0 Å². The normalized spacial score (nSPS) is 21.8. The highest BCUT2D eigenvalue weighted by Crippen LogP contribution is 2.23. The van der Waals surface area contributed by atoms with E-state index in [1.54, 1.807) is 0 Å². The van der Waals surface area contributed by atoms with E-state index in [9.17, 15) is 9.59 Å². The lowest BCUT2D eigenvalue weighted by Gasteiger charge is -2.27. The maximum absolute atomic E-state index is 11.8. The van der Waals surface area contributed by atoms with Crippen LogP contribution in [0.5, 0.6) is 0 Å². The quantitative estimate of drug-likeness (QED) is 0.778. The van der Waals surface area contributed by atoms with Crippen LogP contribution < -0.4 is 10.6 Å². The van der Waals surface area contributed by atoms with E-state index < -0.39 is 5.97 Å². The van der Waals surface area contributed by atoms with Crippen molar-refractivity contribution in [3.63, 3.8) is 0 Å². The van der Waals surface area contributed by atoms with Crippen molar-refractivity contribution in [1.29, 1.82) is 0 Å².